The third-order valence-corrected chi connectivity index (χ3v) is 4.17. The molecule has 2 N–H and O–H groups in total. The van der Waals surface area contributed by atoms with Crippen LogP contribution in [-0.4, -0.2) is 23.6 Å². The molecule has 2 aromatic rings. The van der Waals surface area contributed by atoms with Gasteiger partial charge in [0, 0.05) is 17.9 Å². The molecule has 0 aromatic heterocycles. The van der Waals surface area contributed by atoms with Gasteiger partial charge < -0.3 is 0 Å². The molecule has 6 nitrogen and oxygen atoms in total. The Bertz CT molecular complexity index is 798. The minimum atomic E-state index is -1.15. The van der Waals surface area contributed by atoms with Gasteiger partial charge in [0.05, 0.1) is 0 Å². The molecule has 2 aromatic carbocycles. The van der Waals surface area contributed by atoms with E-state index in [1.54, 1.807) is 54.6 Å². The molecule has 1 saturated heterocycles. The first kappa shape index (κ1) is 16.6. The number of benzene rings is 2. The molecule has 6 heteroatoms. The average Bonchev–Trinajstić information content (AvgIpc) is 2.61. The number of ketones is 1. The highest BCUT2D eigenvalue weighted by molar-refractivity contribution is 6.17. The van der Waals surface area contributed by atoms with Gasteiger partial charge >= 0.3 is 6.03 Å². The summed E-state index contributed by atoms with van der Waals surface area (Å²) < 4.78 is 0. The highest BCUT2D eigenvalue weighted by atomic mass is 16.2. The number of hydrogen-bond acceptors (Lipinski definition) is 4. The van der Waals surface area contributed by atoms with Crippen molar-refractivity contribution in [3.05, 3.63) is 71.8 Å². The number of Topliss-reactive ketones (excluding diaryl/α,β-unsaturated/α-hetero) is 1. The third-order valence-electron chi connectivity index (χ3n) is 4.17. The lowest BCUT2D eigenvalue weighted by Crippen LogP contribution is -2.57. The number of rotatable bonds is 5. The summed E-state index contributed by atoms with van der Waals surface area (Å²) in [5.41, 5.74) is 1.20. The fourth-order valence-electron chi connectivity index (χ4n) is 2.97. The largest absolute Gasteiger partial charge is 0.328 e. The molecule has 4 amide bonds. The number of nitrogens with one attached hydrogen (secondary N) is 2. The van der Waals surface area contributed by atoms with Crippen LogP contribution in [0, 0.1) is 5.92 Å². The zero-order valence-electron chi connectivity index (χ0n) is 13.3. The summed E-state index contributed by atoms with van der Waals surface area (Å²) in [6.45, 7) is 0. The van der Waals surface area contributed by atoms with E-state index >= 15 is 0 Å². The highest BCUT2D eigenvalue weighted by Crippen LogP contribution is 2.31. The second-order valence-electron chi connectivity index (χ2n) is 5.80. The van der Waals surface area contributed by atoms with E-state index in [0.29, 0.717) is 11.1 Å². The van der Waals surface area contributed by atoms with Crippen molar-refractivity contribution in [2.75, 3.05) is 0 Å². The maximum atomic E-state index is 12.6. The molecule has 25 heavy (non-hydrogen) atoms. The lowest BCUT2D eigenvalue weighted by Gasteiger charge is -2.28. The van der Waals surface area contributed by atoms with E-state index in [2.05, 4.69) is 10.6 Å². The van der Waals surface area contributed by atoms with Crippen LogP contribution in [0.4, 0.5) is 4.79 Å². The summed E-state index contributed by atoms with van der Waals surface area (Å²) >= 11 is 0. The lowest BCUT2D eigenvalue weighted by atomic mass is 9.79. The summed E-state index contributed by atoms with van der Waals surface area (Å²) in [7, 11) is 0. The average molecular weight is 336 g/mol. The van der Waals surface area contributed by atoms with Gasteiger partial charge in [-0.2, -0.15) is 0 Å². The van der Waals surface area contributed by atoms with Crippen LogP contribution >= 0.6 is 0 Å². The predicted octanol–water partition coefficient (Wildman–Crippen LogP) is 2.03. The van der Waals surface area contributed by atoms with Crippen molar-refractivity contribution in [3.8, 4) is 0 Å². The molecule has 1 fully saturated rings. The van der Waals surface area contributed by atoms with Crippen molar-refractivity contribution >= 4 is 23.6 Å². The van der Waals surface area contributed by atoms with Crippen LogP contribution < -0.4 is 10.6 Å². The number of amides is 4. The summed E-state index contributed by atoms with van der Waals surface area (Å²) in [4.78, 5) is 48.4. The molecule has 0 aliphatic carbocycles. The van der Waals surface area contributed by atoms with E-state index < -0.39 is 29.7 Å². The van der Waals surface area contributed by atoms with Gasteiger partial charge in [-0.25, -0.2) is 4.79 Å². The van der Waals surface area contributed by atoms with E-state index in [0.717, 1.165) is 0 Å². The Morgan fingerprint density at radius 1 is 0.840 bits per heavy atom. The molecule has 1 aliphatic heterocycles. The number of imide groups is 2. The SMILES string of the molecule is O=C1NC(=O)C([C@@H](CC(=O)c2ccccc2)c2ccccc2)C(=O)N1. The quantitative estimate of drug-likeness (QED) is 0.645. The van der Waals surface area contributed by atoms with Crippen molar-refractivity contribution < 1.29 is 19.2 Å². The lowest BCUT2D eigenvalue weighted by molar-refractivity contribution is -0.136. The molecule has 3 rings (SSSR count). The van der Waals surface area contributed by atoms with Gasteiger partial charge in [0.25, 0.3) is 0 Å². The van der Waals surface area contributed by atoms with Gasteiger partial charge in [-0.05, 0) is 5.56 Å². The van der Waals surface area contributed by atoms with Crippen LogP contribution in [0.1, 0.15) is 28.3 Å². The molecular formula is C19H16N2O4. The van der Waals surface area contributed by atoms with Crippen molar-refractivity contribution in [2.45, 2.75) is 12.3 Å². The molecular weight excluding hydrogens is 320 g/mol. The van der Waals surface area contributed by atoms with Gasteiger partial charge in [0.15, 0.2) is 5.78 Å². The van der Waals surface area contributed by atoms with E-state index in [1.807, 2.05) is 6.07 Å². The molecule has 1 atom stereocenters. The first-order chi connectivity index (χ1) is 12.1. The minimum absolute atomic E-state index is 0.0201. The number of carbonyl (C=O) groups is 4. The van der Waals surface area contributed by atoms with Gasteiger partial charge in [-0.3, -0.25) is 25.0 Å². The first-order valence-electron chi connectivity index (χ1n) is 7.85. The zero-order chi connectivity index (χ0) is 17.8. The molecule has 126 valence electrons. The van der Waals surface area contributed by atoms with Crippen LogP contribution in [0.15, 0.2) is 60.7 Å². The minimum Gasteiger partial charge on any atom is -0.294 e. The van der Waals surface area contributed by atoms with Crippen LogP contribution in [0.3, 0.4) is 0 Å². The van der Waals surface area contributed by atoms with Crippen LogP contribution in [0.2, 0.25) is 0 Å². The monoisotopic (exact) mass is 336 g/mol. The van der Waals surface area contributed by atoms with Crippen molar-refractivity contribution in [2.24, 2.45) is 5.92 Å². The first-order valence-corrected chi connectivity index (χ1v) is 7.85. The Hall–Kier alpha value is -3.28. The van der Waals surface area contributed by atoms with Gasteiger partial charge in [0.2, 0.25) is 11.8 Å². The smallest absolute Gasteiger partial charge is 0.294 e. The second-order valence-corrected chi connectivity index (χ2v) is 5.80. The Morgan fingerprint density at radius 2 is 1.36 bits per heavy atom. The molecule has 0 bridgehead atoms. The Kier molecular flexibility index (Phi) is 4.70. The Labute approximate surface area is 144 Å². The van der Waals surface area contributed by atoms with E-state index in [-0.39, 0.29) is 12.2 Å². The Morgan fingerprint density at radius 3 is 1.92 bits per heavy atom. The van der Waals surface area contributed by atoms with Crippen molar-refractivity contribution in [1.29, 1.82) is 0 Å². The molecule has 0 unspecified atom stereocenters. The Balaban J connectivity index is 1.93. The zero-order valence-corrected chi connectivity index (χ0v) is 13.3. The maximum absolute atomic E-state index is 12.6. The summed E-state index contributed by atoms with van der Waals surface area (Å²) in [6, 6.07) is 16.7. The molecule has 1 aliphatic rings. The normalized spacial score (nSPS) is 16.1. The van der Waals surface area contributed by atoms with Crippen LogP contribution in [0.25, 0.3) is 0 Å². The molecule has 0 spiro atoms. The maximum Gasteiger partial charge on any atom is 0.328 e. The second kappa shape index (κ2) is 7.09. The summed E-state index contributed by atoms with van der Waals surface area (Å²) in [6.07, 6.45) is -0.0201. The van der Waals surface area contributed by atoms with E-state index in [4.69, 9.17) is 0 Å². The molecule has 0 saturated carbocycles. The standard InChI is InChI=1S/C19H16N2O4/c22-15(13-9-5-2-6-10-13)11-14(12-7-3-1-4-8-12)16-17(23)20-19(25)21-18(16)24/h1-10,14,16H,11H2,(H2,20,21,23,24,25)/t14-/m0/s1. The van der Waals surface area contributed by atoms with Crippen molar-refractivity contribution in [3.63, 3.8) is 0 Å². The molecule has 1 heterocycles. The number of urea groups is 1. The van der Waals surface area contributed by atoms with Gasteiger partial charge in [-0.15, -0.1) is 0 Å². The fourth-order valence-corrected chi connectivity index (χ4v) is 2.97. The van der Waals surface area contributed by atoms with Gasteiger partial charge in [-0.1, -0.05) is 60.7 Å². The number of carbonyl (C=O) groups excluding carboxylic acids is 4. The number of hydrogen-bond donors (Lipinski definition) is 2. The molecule has 0 radical (unpaired) electrons. The number of barbiturate groups is 1. The van der Waals surface area contributed by atoms with Crippen LogP contribution in [-0.2, 0) is 9.59 Å². The predicted molar refractivity (Wildman–Crippen MR) is 89.7 cm³/mol. The van der Waals surface area contributed by atoms with E-state index in [9.17, 15) is 19.2 Å². The summed E-state index contributed by atoms with van der Waals surface area (Å²) in [5.74, 6) is -3.37. The van der Waals surface area contributed by atoms with Crippen molar-refractivity contribution in [1.82, 2.24) is 10.6 Å². The van der Waals surface area contributed by atoms with Crippen LogP contribution in [0.5, 0.6) is 0 Å². The highest BCUT2D eigenvalue weighted by Gasteiger charge is 2.41. The summed E-state index contributed by atoms with van der Waals surface area (Å²) in [5, 5.41) is 4.20. The van der Waals surface area contributed by atoms with Gasteiger partial charge in [0.1, 0.15) is 5.92 Å². The third kappa shape index (κ3) is 3.63. The topological polar surface area (TPSA) is 92.3 Å². The van der Waals surface area contributed by atoms with E-state index in [1.165, 1.54) is 0 Å². The fraction of sp³-hybridized carbons (Fsp3) is 0.158.